The van der Waals surface area contributed by atoms with E-state index in [1.165, 1.54) is 12.1 Å². The third-order valence-electron chi connectivity index (χ3n) is 1.84. The van der Waals surface area contributed by atoms with Crippen molar-refractivity contribution in [3.63, 3.8) is 0 Å². The van der Waals surface area contributed by atoms with E-state index in [1.807, 2.05) is 0 Å². The Hall–Kier alpha value is -1.26. The van der Waals surface area contributed by atoms with E-state index < -0.39 is 0 Å². The summed E-state index contributed by atoms with van der Waals surface area (Å²) in [6, 6.07) is 4.48. The number of aldehydes is 1. The summed E-state index contributed by atoms with van der Waals surface area (Å²) in [6.45, 7) is 1.30. The van der Waals surface area contributed by atoms with Crippen LogP contribution < -0.4 is 4.74 Å². The molecule has 0 saturated carbocycles. The smallest absolute Gasteiger partial charge is 0.153 e. The molecule has 4 nitrogen and oxygen atoms in total. The number of halogens is 1. The van der Waals surface area contributed by atoms with E-state index in [1.54, 1.807) is 6.07 Å². The molecule has 0 bridgehead atoms. The van der Waals surface area contributed by atoms with Gasteiger partial charge in [0.2, 0.25) is 0 Å². The van der Waals surface area contributed by atoms with Gasteiger partial charge >= 0.3 is 0 Å². The number of aromatic hydroxyl groups is 1. The minimum Gasteiger partial charge on any atom is -0.507 e. The lowest BCUT2D eigenvalue weighted by atomic mass is 10.2. The van der Waals surface area contributed by atoms with Gasteiger partial charge in [-0.25, -0.2) is 0 Å². The van der Waals surface area contributed by atoms with Crippen molar-refractivity contribution in [1.82, 2.24) is 0 Å². The molecule has 1 N–H and O–H groups in total. The molecule has 16 heavy (non-hydrogen) atoms. The molecule has 0 unspecified atom stereocenters. The first-order valence-electron chi connectivity index (χ1n) is 4.82. The van der Waals surface area contributed by atoms with E-state index in [-0.39, 0.29) is 11.3 Å². The highest BCUT2D eigenvalue weighted by Gasteiger charge is 2.02. The van der Waals surface area contributed by atoms with Gasteiger partial charge in [0.1, 0.15) is 18.1 Å². The minimum atomic E-state index is -0.0549. The average Bonchev–Trinajstić information content (AvgIpc) is 2.31. The van der Waals surface area contributed by atoms with Gasteiger partial charge in [0.15, 0.2) is 6.29 Å². The van der Waals surface area contributed by atoms with Gasteiger partial charge in [0.05, 0.1) is 18.8 Å². The first-order chi connectivity index (χ1) is 7.77. The molecule has 1 rings (SSSR count). The monoisotopic (exact) mass is 244 g/mol. The fourth-order valence-corrected chi connectivity index (χ4v) is 1.20. The van der Waals surface area contributed by atoms with Crippen molar-refractivity contribution in [1.29, 1.82) is 0 Å². The predicted molar refractivity (Wildman–Crippen MR) is 60.5 cm³/mol. The molecule has 1 aromatic carbocycles. The van der Waals surface area contributed by atoms with Gasteiger partial charge in [-0.05, 0) is 18.2 Å². The molecule has 0 saturated heterocycles. The fourth-order valence-electron chi connectivity index (χ4n) is 1.09. The Morgan fingerprint density at radius 1 is 1.31 bits per heavy atom. The zero-order valence-electron chi connectivity index (χ0n) is 8.69. The fraction of sp³-hybridized carbons (Fsp3) is 0.364. The molecule has 0 aliphatic heterocycles. The lowest BCUT2D eigenvalue weighted by molar-refractivity contribution is 0.110. The number of carbonyl (C=O) groups is 1. The summed E-state index contributed by atoms with van der Waals surface area (Å²) >= 11 is 5.42. The average molecular weight is 245 g/mol. The van der Waals surface area contributed by atoms with Crippen LogP contribution in [0.5, 0.6) is 11.5 Å². The van der Waals surface area contributed by atoms with Crippen LogP contribution in [-0.2, 0) is 4.74 Å². The molecule has 88 valence electrons. The molecule has 0 atom stereocenters. The molecule has 0 heterocycles. The SMILES string of the molecule is O=Cc1cc(OCCOCCCl)ccc1O. The molecule has 0 spiro atoms. The third kappa shape index (κ3) is 4.08. The summed E-state index contributed by atoms with van der Waals surface area (Å²) in [4.78, 5) is 10.5. The van der Waals surface area contributed by atoms with Crippen molar-refractivity contribution in [3.05, 3.63) is 23.8 Å². The first-order valence-corrected chi connectivity index (χ1v) is 5.36. The van der Waals surface area contributed by atoms with Crippen LogP contribution in [0.3, 0.4) is 0 Å². The summed E-state index contributed by atoms with van der Waals surface area (Å²) in [5.41, 5.74) is 0.208. The molecule has 0 radical (unpaired) electrons. The maximum Gasteiger partial charge on any atom is 0.153 e. The Morgan fingerprint density at radius 2 is 2.12 bits per heavy atom. The van der Waals surface area contributed by atoms with Gasteiger partial charge in [-0.1, -0.05) is 0 Å². The second-order valence-corrected chi connectivity index (χ2v) is 3.37. The van der Waals surface area contributed by atoms with E-state index in [4.69, 9.17) is 21.1 Å². The van der Waals surface area contributed by atoms with Gasteiger partial charge in [-0.2, -0.15) is 0 Å². The Kier molecular flexibility index (Phi) is 5.67. The second kappa shape index (κ2) is 7.09. The Balaban J connectivity index is 2.39. The molecule has 0 fully saturated rings. The predicted octanol–water partition coefficient (Wildman–Crippen LogP) is 1.84. The molecule has 1 aromatic rings. The second-order valence-electron chi connectivity index (χ2n) is 2.99. The first kappa shape index (κ1) is 12.8. The maximum atomic E-state index is 10.5. The van der Waals surface area contributed by atoms with Crippen LogP contribution in [0.1, 0.15) is 10.4 Å². The van der Waals surface area contributed by atoms with Crippen LogP contribution in [0.15, 0.2) is 18.2 Å². The lowest BCUT2D eigenvalue weighted by Gasteiger charge is -2.07. The minimum absolute atomic E-state index is 0.0549. The Morgan fingerprint density at radius 3 is 2.81 bits per heavy atom. The molecular formula is C11H13ClO4. The zero-order valence-corrected chi connectivity index (χ0v) is 9.44. The summed E-state index contributed by atoms with van der Waals surface area (Å²) in [5, 5.41) is 9.25. The summed E-state index contributed by atoms with van der Waals surface area (Å²) in [7, 11) is 0. The van der Waals surface area contributed by atoms with Crippen molar-refractivity contribution in [2.45, 2.75) is 0 Å². The van der Waals surface area contributed by atoms with Gasteiger partial charge in [-0.15, -0.1) is 11.6 Å². The summed E-state index contributed by atoms with van der Waals surface area (Å²) in [5.74, 6) is 0.921. The molecule has 0 aromatic heterocycles. The number of alkyl halides is 1. The maximum absolute atomic E-state index is 10.5. The van der Waals surface area contributed by atoms with Gasteiger partial charge < -0.3 is 14.6 Å². The van der Waals surface area contributed by atoms with Crippen LogP contribution in [0.2, 0.25) is 0 Å². The topological polar surface area (TPSA) is 55.8 Å². The van der Waals surface area contributed by atoms with Gasteiger partial charge in [0.25, 0.3) is 0 Å². The number of hydrogen-bond donors (Lipinski definition) is 1. The standard InChI is InChI=1S/C11H13ClO4/c12-3-4-15-5-6-16-10-1-2-11(14)9(7-10)8-13/h1-2,7-8,14H,3-6H2. The molecule has 0 aliphatic rings. The summed E-state index contributed by atoms with van der Waals surface area (Å²) < 4.78 is 10.4. The normalized spacial score (nSPS) is 10.1. The molecule has 0 amide bonds. The number of hydrogen-bond acceptors (Lipinski definition) is 4. The molecule has 5 heteroatoms. The van der Waals surface area contributed by atoms with E-state index in [9.17, 15) is 9.90 Å². The van der Waals surface area contributed by atoms with Crippen LogP contribution >= 0.6 is 11.6 Å². The van der Waals surface area contributed by atoms with E-state index in [0.29, 0.717) is 37.7 Å². The number of phenolic OH excluding ortho intramolecular Hbond substituents is 1. The summed E-state index contributed by atoms with van der Waals surface area (Å²) in [6.07, 6.45) is 0.576. The highest BCUT2D eigenvalue weighted by Crippen LogP contribution is 2.21. The highest BCUT2D eigenvalue weighted by molar-refractivity contribution is 6.17. The zero-order chi connectivity index (χ0) is 11.8. The molecular weight excluding hydrogens is 232 g/mol. The third-order valence-corrected chi connectivity index (χ3v) is 2.00. The highest BCUT2D eigenvalue weighted by atomic mass is 35.5. The molecule has 0 aliphatic carbocycles. The van der Waals surface area contributed by atoms with Crippen LogP contribution in [0.4, 0.5) is 0 Å². The Bertz CT molecular complexity index is 341. The van der Waals surface area contributed by atoms with Crippen molar-refractivity contribution in [2.75, 3.05) is 25.7 Å². The van der Waals surface area contributed by atoms with Crippen LogP contribution in [0.25, 0.3) is 0 Å². The number of rotatable bonds is 7. The number of ether oxygens (including phenoxy) is 2. The lowest BCUT2D eigenvalue weighted by Crippen LogP contribution is -2.08. The van der Waals surface area contributed by atoms with Crippen LogP contribution in [-0.4, -0.2) is 37.1 Å². The largest absolute Gasteiger partial charge is 0.507 e. The van der Waals surface area contributed by atoms with Gasteiger partial charge in [0, 0.05) is 5.88 Å². The quantitative estimate of drug-likeness (QED) is 0.452. The van der Waals surface area contributed by atoms with Crippen LogP contribution in [0, 0.1) is 0 Å². The van der Waals surface area contributed by atoms with E-state index >= 15 is 0 Å². The Labute approximate surface area is 98.7 Å². The number of benzene rings is 1. The number of phenols is 1. The van der Waals surface area contributed by atoms with E-state index in [0.717, 1.165) is 0 Å². The van der Waals surface area contributed by atoms with E-state index in [2.05, 4.69) is 0 Å². The number of carbonyl (C=O) groups excluding carboxylic acids is 1. The van der Waals surface area contributed by atoms with Crippen molar-refractivity contribution in [2.24, 2.45) is 0 Å². The van der Waals surface area contributed by atoms with Crippen molar-refractivity contribution in [3.8, 4) is 11.5 Å². The van der Waals surface area contributed by atoms with Gasteiger partial charge in [-0.3, -0.25) is 4.79 Å². The van der Waals surface area contributed by atoms with Crippen molar-refractivity contribution < 1.29 is 19.4 Å². The van der Waals surface area contributed by atoms with Crippen molar-refractivity contribution >= 4 is 17.9 Å².